The lowest BCUT2D eigenvalue weighted by atomic mass is 10.1. The first-order chi connectivity index (χ1) is 11.1. The van der Waals surface area contributed by atoms with E-state index in [1.54, 1.807) is 42.5 Å². The Bertz CT molecular complexity index is 881. The van der Waals surface area contributed by atoms with Crippen LogP contribution < -0.4 is 10.6 Å². The summed E-state index contributed by atoms with van der Waals surface area (Å²) in [5.74, 6) is -1.59. The normalized spacial score (nSPS) is 10.3. The van der Waals surface area contributed by atoms with E-state index in [-0.39, 0.29) is 11.7 Å². The Hall–Kier alpha value is -3.48. The Morgan fingerprint density at radius 2 is 1.48 bits per heavy atom. The summed E-state index contributed by atoms with van der Waals surface area (Å²) in [5.41, 5.74) is 0.424. The molecule has 0 bridgehead atoms. The summed E-state index contributed by atoms with van der Waals surface area (Å²) in [7, 11) is 0. The molecule has 0 spiro atoms. The molecule has 0 radical (unpaired) electrons. The molecule has 3 N–H and O–H groups in total. The van der Waals surface area contributed by atoms with Gasteiger partial charge in [0.25, 0.3) is 0 Å². The molecule has 3 aromatic rings. The minimum absolute atomic E-state index is 0.0446. The lowest BCUT2D eigenvalue weighted by Gasteiger charge is -2.09. The second-order valence-electron chi connectivity index (χ2n) is 4.66. The SMILES string of the molecule is O=C(Nc1ncccn1)C(=O)Nc1cccc2c(O)cccc12. The van der Waals surface area contributed by atoms with Crippen molar-refractivity contribution in [3.63, 3.8) is 0 Å². The first kappa shape index (κ1) is 14.5. The Morgan fingerprint density at radius 3 is 2.26 bits per heavy atom. The summed E-state index contributed by atoms with van der Waals surface area (Å²) >= 11 is 0. The molecule has 114 valence electrons. The fourth-order valence-electron chi connectivity index (χ4n) is 2.10. The number of nitrogens with zero attached hydrogens (tertiary/aromatic N) is 2. The van der Waals surface area contributed by atoms with Gasteiger partial charge in [0.1, 0.15) is 5.75 Å². The molecule has 2 amide bonds. The Kier molecular flexibility index (Phi) is 3.84. The monoisotopic (exact) mass is 308 g/mol. The van der Waals surface area contributed by atoms with E-state index in [2.05, 4.69) is 20.6 Å². The standard InChI is InChI=1S/C16H12N4O3/c21-13-7-2-4-10-11(13)5-1-6-12(10)19-14(22)15(23)20-16-17-8-3-9-18-16/h1-9,21H,(H,19,22)(H,17,18,20,23). The van der Waals surface area contributed by atoms with Gasteiger partial charge in [0, 0.05) is 28.9 Å². The van der Waals surface area contributed by atoms with Crippen molar-refractivity contribution in [1.29, 1.82) is 0 Å². The number of aromatic nitrogens is 2. The number of nitrogens with one attached hydrogen (secondary N) is 2. The quantitative estimate of drug-likeness (QED) is 0.627. The molecule has 3 rings (SSSR count). The van der Waals surface area contributed by atoms with Crippen LogP contribution in [0.5, 0.6) is 5.75 Å². The number of anilines is 2. The van der Waals surface area contributed by atoms with E-state index in [0.29, 0.717) is 16.5 Å². The predicted molar refractivity (Wildman–Crippen MR) is 84.9 cm³/mol. The van der Waals surface area contributed by atoms with E-state index in [9.17, 15) is 14.7 Å². The van der Waals surface area contributed by atoms with Gasteiger partial charge in [-0.1, -0.05) is 24.3 Å². The highest BCUT2D eigenvalue weighted by Gasteiger charge is 2.16. The van der Waals surface area contributed by atoms with Crippen LogP contribution in [-0.4, -0.2) is 26.9 Å². The van der Waals surface area contributed by atoms with Crippen LogP contribution >= 0.6 is 0 Å². The average molecular weight is 308 g/mol. The zero-order valence-corrected chi connectivity index (χ0v) is 11.9. The van der Waals surface area contributed by atoms with E-state index in [1.165, 1.54) is 12.4 Å². The van der Waals surface area contributed by atoms with Crippen molar-refractivity contribution in [2.45, 2.75) is 0 Å². The van der Waals surface area contributed by atoms with Gasteiger partial charge in [-0.05, 0) is 18.2 Å². The number of phenols is 1. The molecule has 0 saturated heterocycles. The molecule has 23 heavy (non-hydrogen) atoms. The molecule has 1 heterocycles. The maximum absolute atomic E-state index is 12.0. The van der Waals surface area contributed by atoms with Gasteiger partial charge in [0.2, 0.25) is 5.95 Å². The number of rotatable bonds is 2. The lowest BCUT2D eigenvalue weighted by Crippen LogP contribution is -2.29. The third-order valence-corrected chi connectivity index (χ3v) is 3.14. The summed E-state index contributed by atoms with van der Waals surface area (Å²) in [6, 6.07) is 11.6. The van der Waals surface area contributed by atoms with Gasteiger partial charge in [-0.2, -0.15) is 0 Å². The maximum atomic E-state index is 12.0. The molecular formula is C16H12N4O3. The van der Waals surface area contributed by atoms with Crippen molar-refractivity contribution >= 4 is 34.2 Å². The van der Waals surface area contributed by atoms with Crippen LogP contribution in [0.1, 0.15) is 0 Å². The molecule has 7 heteroatoms. The van der Waals surface area contributed by atoms with Crippen molar-refractivity contribution in [2.75, 3.05) is 10.6 Å². The fourth-order valence-corrected chi connectivity index (χ4v) is 2.10. The van der Waals surface area contributed by atoms with Crippen molar-refractivity contribution < 1.29 is 14.7 Å². The molecule has 7 nitrogen and oxygen atoms in total. The molecule has 0 aliphatic rings. The van der Waals surface area contributed by atoms with Gasteiger partial charge < -0.3 is 10.4 Å². The van der Waals surface area contributed by atoms with Crippen LogP contribution in [0.2, 0.25) is 0 Å². The highest BCUT2D eigenvalue weighted by atomic mass is 16.3. The Labute approximate surface area is 131 Å². The third kappa shape index (κ3) is 3.08. The minimum atomic E-state index is -0.881. The number of hydrogen-bond donors (Lipinski definition) is 3. The predicted octanol–water partition coefficient (Wildman–Crippen LogP) is 1.91. The van der Waals surface area contributed by atoms with E-state index >= 15 is 0 Å². The van der Waals surface area contributed by atoms with Gasteiger partial charge in [-0.15, -0.1) is 0 Å². The molecule has 0 aliphatic carbocycles. The number of fused-ring (bicyclic) bond motifs is 1. The van der Waals surface area contributed by atoms with Crippen molar-refractivity contribution in [2.24, 2.45) is 0 Å². The van der Waals surface area contributed by atoms with Gasteiger partial charge in [0.15, 0.2) is 0 Å². The number of hydrogen-bond acceptors (Lipinski definition) is 5. The van der Waals surface area contributed by atoms with Crippen LogP contribution in [0.15, 0.2) is 54.9 Å². The fraction of sp³-hybridized carbons (Fsp3) is 0. The molecule has 0 saturated carbocycles. The van der Waals surface area contributed by atoms with Crippen LogP contribution in [-0.2, 0) is 9.59 Å². The van der Waals surface area contributed by atoms with E-state index in [0.717, 1.165) is 0 Å². The smallest absolute Gasteiger partial charge is 0.316 e. The molecular weight excluding hydrogens is 296 g/mol. The van der Waals surface area contributed by atoms with Gasteiger partial charge in [-0.25, -0.2) is 9.97 Å². The van der Waals surface area contributed by atoms with Crippen LogP contribution in [0.4, 0.5) is 11.6 Å². The maximum Gasteiger partial charge on any atom is 0.316 e. The van der Waals surface area contributed by atoms with Crippen molar-refractivity contribution in [1.82, 2.24) is 9.97 Å². The summed E-state index contributed by atoms with van der Waals surface area (Å²) < 4.78 is 0. The van der Waals surface area contributed by atoms with Crippen molar-refractivity contribution in [3.8, 4) is 5.75 Å². The van der Waals surface area contributed by atoms with Gasteiger partial charge in [0.05, 0.1) is 0 Å². The largest absolute Gasteiger partial charge is 0.507 e. The first-order valence-corrected chi connectivity index (χ1v) is 6.75. The van der Waals surface area contributed by atoms with Crippen LogP contribution in [0.3, 0.4) is 0 Å². The summed E-state index contributed by atoms with van der Waals surface area (Å²) in [6.45, 7) is 0. The first-order valence-electron chi connectivity index (χ1n) is 6.75. The van der Waals surface area contributed by atoms with Crippen LogP contribution in [0.25, 0.3) is 10.8 Å². The highest BCUT2D eigenvalue weighted by Crippen LogP contribution is 2.29. The summed E-state index contributed by atoms with van der Waals surface area (Å²) in [4.78, 5) is 31.5. The summed E-state index contributed by atoms with van der Waals surface area (Å²) in [6.07, 6.45) is 2.90. The van der Waals surface area contributed by atoms with Gasteiger partial charge >= 0.3 is 11.8 Å². The Balaban J connectivity index is 1.80. The topological polar surface area (TPSA) is 104 Å². The number of amides is 2. The number of phenolic OH excluding ortho intramolecular Hbond substituents is 1. The number of carbonyl (C=O) groups excluding carboxylic acids is 2. The molecule has 2 aromatic carbocycles. The minimum Gasteiger partial charge on any atom is -0.507 e. The molecule has 0 unspecified atom stereocenters. The Morgan fingerprint density at radius 1 is 0.826 bits per heavy atom. The van der Waals surface area contributed by atoms with Gasteiger partial charge in [-0.3, -0.25) is 14.9 Å². The van der Waals surface area contributed by atoms with E-state index in [1.807, 2.05) is 0 Å². The summed E-state index contributed by atoms with van der Waals surface area (Å²) in [5, 5.41) is 15.8. The third-order valence-electron chi connectivity index (χ3n) is 3.14. The van der Waals surface area contributed by atoms with E-state index < -0.39 is 11.8 Å². The molecule has 1 aromatic heterocycles. The average Bonchev–Trinajstić information content (AvgIpc) is 2.56. The highest BCUT2D eigenvalue weighted by molar-refractivity contribution is 6.44. The van der Waals surface area contributed by atoms with Crippen molar-refractivity contribution in [3.05, 3.63) is 54.9 Å². The number of benzene rings is 2. The molecule has 0 fully saturated rings. The molecule has 0 aliphatic heterocycles. The second-order valence-corrected chi connectivity index (χ2v) is 4.66. The zero-order valence-electron chi connectivity index (χ0n) is 11.9. The zero-order chi connectivity index (χ0) is 16.2. The lowest BCUT2D eigenvalue weighted by molar-refractivity contribution is -0.133. The van der Waals surface area contributed by atoms with Crippen LogP contribution in [0, 0.1) is 0 Å². The molecule has 0 atom stereocenters. The number of aromatic hydroxyl groups is 1. The van der Waals surface area contributed by atoms with E-state index in [4.69, 9.17) is 0 Å². The number of carbonyl (C=O) groups is 2. The second kappa shape index (κ2) is 6.10.